The number of halogens is 3. The molecule has 1 heterocycles. The number of anilines is 1. The van der Waals surface area contributed by atoms with Crippen molar-refractivity contribution in [1.82, 2.24) is 0 Å². The van der Waals surface area contributed by atoms with E-state index in [9.17, 15) is 18.0 Å². The number of nitrogens with zero attached hydrogens (tertiary/aromatic N) is 1. The number of piperidine rings is 1. The summed E-state index contributed by atoms with van der Waals surface area (Å²) in [7, 11) is 0. The van der Waals surface area contributed by atoms with E-state index in [4.69, 9.17) is 4.74 Å². The summed E-state index contributed by atoms with van der Waals surface area (Å²) in [5.74, 6) is 0. The second-order valence-electron chi connectivity index (χ2n) is 4.46. The molecule has 104 valence electrons. The van der Waals surface area contributed by atoms with Gasteiger partial charge in [0, 0.05) is 31.6 Å². The lowest BCUT2D eigenvalue weighted by atomic mass is 10.1. The number of carbonyl (C=O) groups is 1. The fourth-order valence-corrected chi connectivity index (χ4v) is 2.19. The van der Waals surface area contributed by atoms with E-state index in [0.717, 1.165) is 17.8 Å². The van der Waals surface area contributed by atoms with Crippen LogP contribution in [0.5, 0.6) is 0 Å². The molecule has 1 saturated heterocycles. The zero-order valence-electron chi connectivity index (χ0n) is 10.2. The van der Waals surface area contributed by atoms with Crippen molar-refractivity contribution >= 4 is 12.2 Å². The van der Waals surface area contributed by atoms with Crippen molar-refractivity contribution < 1.29 is 22.7 Å². The maximum absolute atomic E-state index is 12.4. The van der Waals surface area contributed by atoms with Crippen molar-refractivity contribution in [3.05, 3.63) is 29.8 Å². The van der Waals surface area contributed by atoms with E-state index in [1.54, 1.807) is 0 Å². The molecule has 0 spiro atoms. The van der Waals surface area contributed by atoms with Gasteiger partial charge in [0.25, 0.3) is 6.47 Å². The second kappa shape index (κ2) is 5.50. The van der Waals surface area contributed by atoms with E-state index in [1.165, 1.54) is 12.1 Å². The molecule has 2 rings (SSSR count). The Morgan fingerprint density at radius 3 is 2.21 bits per heavy atom. The van der Waals surface area contributed by atoms with Gasteiger partial charge in [-0.25, -0.2) is 0 Å². The first kappa shape index (κ1) is 13.7. The molecule has 0 unspecified atom stereocenters. The standard InChI is InChI=1S/C13H14F3NO2/c14-13(15,16)10-1-3-11(4-2-10)17-7-5-12(6-8-17)19-9-18/h1-4,9,12H,5-8H2. The molecule has 0 radical (unpaired) electrons. The van der Waals surface area contributed by atoms with Crippen LogP contribution in [-0.4, -0.2) is 25.7 Å². The minimum absolute atomic E-state index is 0.0804. The van der Waals surface area contributed by atoms with E-state index >= 15 is 0 Å². The van der Waals surface area contributed by atoms with Crippen LogP contribution in [0.4, 0.5) is 18.9 Å². The predicted octanol–water partition coefficient (Wildman–Crippen LogP) is 2.85. The average molecular weight is 273 g/mol. The molecule has 0 atom stereocenters. The van der Waals surface area contributed by atoms with Crippen LogP contribution in [0.2, 0.25) is 0 Å². The van der Waals surface area contributed by atoms with Crippen LogP contribution in [0.3, 0.4) is 0 Å². The molecule has 3 nitrogen and oxygen atoms in total. The maximum atomic E-state index is 12.4. The Morgan fingerprint density at radius 2 is 1.74 bits per heavy atom. The molecule has 1 aliphatic heterocycles. The largest absolute Gasteiger partial charge is 0.464 e. The molecule has 0 amide bonds. The molecule has 0 bridgehead atoms. The predicted molar refractivity (Wildman–Crippen MR) is 63.8 cm³/mol. The number of hydrogen-bond acceptors (Lipinski definition) is 3. The van der Waals surface area contributed by atoms with Crippen LogP contribution >= 0.6 is 0 Å². The topological polar surface area (TPSA) is 29.5 Å². The minimum Gasteiger partial charge on any atom is -0.464 e. The summed E-state index contributed by atoms with van der Waals surface area (Å²) in [6, 6.07) is 5.13. The highest BCUT2D eigenvalue weighted by Gasteiger charge is 2.30. The number of benzene rings is 1. The van der Waals surface area contributed by atoms with E-state index in [-0.39, 0.29) is 6.10 Å². The first-order valence-electron chi connectivity index (χ1n) is 6.02. The molecule has 6 heteroatoms. The van der Waals surface area contributed by atoms with Gasteiger partial charge in [-0.3, -0.25) is 4.79 Å². The van der Waals surface area contributed by atoms with E-state index < -0.39 is 11.7 Å². The normalized spacial score (nSPS) is 17.3. The molecule has 0 aromatic heterocycles. The third-order valence-electron chi connectivity index (χ3n) is 3.25. The molecule has 0 aliphatic carbocycles. The smallest absolute Gasteiger partial charge is 0.416 e. The molecule has 19 heavy (non-hydrogen) atoms. The molecule has 1 aromatic carbocycles. The SMILES string of the molecule is O=COC1CCN(c2ccc(C(F)(F)F)cc2)CC1. The van der Waals surface area contributed by atoms with Crippen LogP contribution in [0.15, 0.2) is 24.3 Å². The maximum Gasteiger partial charge on any atom is 0.416 e. The summed E-state index contributed by atoms with van der Waals surface area (Å²) in [6.07, 6.45) is -2.99. The van der Waals surface area contributed by atoms with Crippen LogP contribution in [0.1, 0.15) is 18.4 Å². The van der Waals surface area contributed by atoms with Gasteiger partial charge in [0.1, 0.15) is 6.10 Å². The van der Waals surface area contributed by atoms with Crippen molar-refractivity contribution in [1.29, 1.82) is 0 Å². The fraction of sp³-hybridized carbons (Fsp3) is 0.462. The van der Waals surface area contributed by atoms with Gasteiger partial charge in [-0.1, -0.05) is 0 Å². The van der Waals surface area contributed by atoms with Crippen molar-refractivity contribution in [2.45, 2.75) is 25.1 Å². The number of alkyl halides is 3. The summed E-state index contributed by atoms with van der Waals surface area (Å²) >= 11 is 0. The zero-order valence-corrected chi connectivity index (χ0v) is 10.2. The van der Waals surface area contributed by atoms with Crippen LogP contribution in [0.25, 0.3) is 0 Å². The van der Waals surface area contributed by atoms with Gasteiger partial charge >= 0.3 is 6.18 Å². The molecular formula is C13H14F3NO2. The third kappa shape index (κ3) is 3.39. The Morgan fingerprint density at radius 1 is 1.16 bits per heavy atom. The average Bonchev–Trinajstić information content (AvgIpc) is 2.39. The summed E-state index contributed by atoms with van der Waals surface area (Å²) in [5, 5.41) is 0. The molecule has 0 N–H and O–H groups in total. The van der Waals surface area contributed by atoms with E-state index in [2.05, 4.69) is 0 Å². The minimum atomic E-state index is -4.30. The lowest BCUT2D eigenvalue weighted by Gasteiger charge is -2.32. The van der Waals surface area contributed by atoms with Crippen LogP contribution in [-0.2, 0) is 15.7 Å². The molecule has 1 fully saturated rings. The molecule has 0 saturated carbocycles. The number of carbonyl (C=O) groups excluding carboxylic acids is 1. The van der Waals surface area contributed by atoms with Crippen LogP contribution in [0, 0.1) is 0 Å². The Hall–Kier alpha value is -1.72. The van der Waals surface area contributed by atoms with Gasteiger partial charge in [0.15, 0.2) is 0 Å². The summed E-state index contributed by atoms with van der Waals surface area (Å²) in [5.41, 5.74) is 0.118. The quantitative estimate of drug-likeness (QED) is 0.793. The van der Waals surface area contributed by atoms with Crippen molar-refractivity contribution in [2.24, 2.45) is 0 Å². The Labute approximate surface area is 109 Å². The van der Waals surface area contributed by atoms with Gasteiger partial charge in [-0.05, 0) is 24.3 Å². The van der Waals surface area contributed by atoms with Gasteiger partial charge < -0.3 is 9.64 Å². The lowest BCUT2D eigenvalue weighted by molar-refractivity contribution is -0.137. The summed E-state index contributed by atoms with van der Waals surface area (Å²) < 4.78 is 42.2. The van der Waals surface area contributed by atoms with Crippen molar-refractivity contribution in [2.75, 3.05) is 18.0 Å². The highest BCUT2D eigenvalue weighted by atomic mass is 19.4. The molecular weight excluding hydrogens is 259 g/mol. The first-order valence-corrected chi connectivity index (χ1v) is 6.02. The Balaban J connectivity index is 1.98. The van der Waals surface area contributed by atoms with Crippen molar-refractivity contribution in [3.8, 4) is 0 Å². The zero-order chi connectivity index (χ0) is 13.9. The number of hydrogen-bond donors (Lipinski definition) is 0. The van der Waals surface area contributed by atoms with Crippen molar-refractivity contribution in [3.63, 3.8) is 0 Å². The van der Waals surface area contributed by atoms with Crippen LogP contribution < -0.4 is 4.90 Å². The number of rotatable bonds is 3. The first-order chi connectivity index (χ1) is 9.00. The Bertz CT molecular complexity index is 423. The monoisotopic (exact) mass is 273 g/mol. The summed E-state index contributed by atoms with van der Waals surface area (Å²) in [6.45, 7) is 1.78. The fourth-order valence-electron chi connectivity index (χ4n) is 2.19. The Kier molecular flexibility index (Phi) is 3.97. The van der Waals surface area contributed by atoms with E-state index in [0.29, 0.717) is 32.4 Å². The molecule has 1 aliphatic rings. The van der Waals surface area contributed by atoms with Gasteiger partial charge in [0.2, 0.25) is 0 Å². The highest BCUT2D eigenvalue weighted by molar-refractivity contribution is 5.48. The second-order valence-corrected chi connectivity index (χ2v) is 4.46. The highest BCUT2D eigenvalue weighted by Crippen LogP contribution is 2.31. The van der Waals surface area contributed by atoms with Gasteiger partial charge in [-0.2, -0.15) is 13.2 Å². The lowest BCUT2D eigenvalue weighted by Crippen LogP contribution is -2.36. The van der Waals surface area contributed by atoms with Gasteiger partial charge in [0.05, 0.1) is 5.56 Å². The van der Waals surface area contributed by atoms with E-state index in [1.807, 2.05) is 4.90 Å². The number of ether oxygens (including phenoxy) is 1. The third-order valence-corrected chi connectivity index (χ3v) is 3.25. The van der Waals surface area contributed by atoms with Gasteiger partial charge in [-0.15, -0.1) is 0 Å². The molecule has 1 aromatic rings. The summed E-state index contributed by atoms with van der Waals surface area (Å²) in [4.78, 5) is 12.2.